The molecule has 0 N–H and O–H groups in total. The Bertz CT molecular complexity index is 340. The molecule has 0 saturated heterocycles. The molecule has 86 valence electrons. The Labute approximate surface area is 98.1 Å². The van der Waals surface area contributed by atoms with Gasteiger partial charge in [0.05, 0.1) is 7.11 Å². The second-order valence-corrected chi connectivity index (χ2v) is 4.46. The maximum atomic E-state index is 5.14. The van der Waals surface area contributed by atoms with Gasteiger partial charge in [-0.25, -0.2) is 0 Å². The Hall–Kier alpha value is -1.24. The van der Waals surface area contributed by atoms with Crippen LogP contribution in [-0.4, -0.2) is 7.11 Å². The zero-order valence-electron chi connectivity index (χ0n) is 10.0. The number of rotatable bonds is 4. The van der Waals surface area contributed by atoms with Crippen LogP contribution < -0.4 is 4.74 Å². The van der Waals surface area contributed by atoms with E-state index in [4.69, 9.17) is 4.74 Å². The van der Waals surface area contributed by atoms with Crippen LogP contribution in [0.1, 0.15) is 37.7 Å². The van der Waals surface area contributed by atoms with Crippen LogP contribution in [0.5, 0.6) is 5.75 Å². The van der Waals surface area contributed by atoms with Crippen molar-refractivity contribution < 1.29 is 4.74 Å². The number of aryl methyl sites for hydroxylation is 1. The third-order valence-electron chi connectivity index (χ3n) is 3.27. The Morgan fingerprint density at radius 1 is 1.12 bits per heavy atom. The van der Waals surface area contributed by atoms with Crippen LogP contribution in [0.25, 0.3) is 0 Å². The monoisotopic (exact) mass is 216 g/mol. The highest BCUT2D eigenvalue weighted by atomic mass is 16.5. The Morgan fingerprint density at radius 2 is 1.81 bits per heavy atom. The number of allylic oxidation sites excluding steroid dienone is 2. The van der Waals surface area contributed by atoms with Gasteiger partial charge in [-0.2, -0.15) is 0 Å². The molecular weight excluding hydrogens is 196 g/mol. The third kappa shape index (κ3) is 3.13. The summed E-state index contributed by atoms with van der Waals surface area (Å²) in [5.74, 6) is 0.942. The van der Waals surface area contributed by atoms with E-state index in [9.17, 15) is 0 Å². The molecule has 0 radical (unpaired) electrons. The van der Waals surface area contributed by atoms with Crippen molar-refractivity contribution in [3.8, 4) is 5.75 Å². The predicted octanol–water partition coefficient (Wildman–Crippen LogP) is 4.13. The van der Waals surface area contributed by atoms with Crippen LogP contribution in [0, 0.1) is 0 Å². The lowest BCUT2D eigenvalue weighted by atomic mass is 10.1. The van der Waals surface area contributed by atoms with Gasteiger partial charge in [0.1, 0.15) is 5.75 Å². The van der Waals surface area contributed by atoms with Crippen LogP contribution in [-0.2, 0) is 6.42 Å². The average molecular weight is 216 g/mol. The van der Waals surface area contributed by atoms with Gasteiger partial charge in [0.25, 0.3) is 0 Å². The van der Waals surface area contributed by atoms with Gasteiger partial charge in [-0.3, -0.25) is 0 Å². The zero-order chi connectivity index (χ0) is 11.2. The van der Waals surface area contributed by atoms with Gasteiger partial charge in [0.2, 0.25) is 0 Å². The van der Waals surface area contributed by atoms with Gasteiger partial charge < -0.3 is 4.74 Å². The van der Waals surface area contributed by atoms with E-state index < -0.39 is 0 Å². The number of methoxy groups -OCH3 is 1. The topological polar surface area (TPSA) is 9.23 Å². The van der Waals surface area contributed by atoms with Crippen LogP contribution in [0.4, 0.5) is 0 Å². The predicted molar refractivity (Wildman–Crippen MR) is 67.9 cm³/mol. The normalized spacial score (nSPS) is 15.2. The van der Waals surface area contributed by atoms with E-state index in [1.165, 1.54) is 37.7 Å². The lowest BCUT2D eigenvalue weighted by Crippen LogP contribution is -1.86. The molecule has 1 nitrogen and oxygen atoms in total. The van der Waals surface area contributed by atoms with Crippen LogP contribution in [0.2, 0.25) is 0 Å². The summed E-state index contributed by atoms with van der Waals surface area (Å²) in [5.41, 5.74) is 3.07. The average Bonchev–Trinajstić information content (AvgIpc) is 2.83. The summed E-state index contributed by atoms with van der Waals surface area (Å²) in [7, 11) is 1.71. The van der Waals surface area contributed by atoms with Gasteiger partial charge in [0, 0.05) is 0 Å². The van der Waals surface area contributed by atoms with Gasteiger partial charge in [0.15, 0.2) is 0 Å². The molecule has 0 atom stereocenters. The first kappa shape index (κ1) is 11.3. The minimum Gasteiger partial charge on any atom is -0.497 e. The highest BCUT2D eigenvalue weighted by molar-refractivity contribution is 5.27. The van der Waals surface area contributed by atoms with Gasteiger partial charge in [-0.1, -0.05) is 23.8 Å². The molecule has 2 rings (SSSR count). The van der Waals surface area contributed by atoms with Crippen molar-refractivity contribution in [2.24, 2.45) is 0 Å². The van der Waals surface area contributed by atoms with E-state index >= 15 is 0 Å². The second kappa shape index (κ2) is 5.74. The standard InChI is InChI=1S/C15H20O/c1-16-15-11-9-14(10-12-15)8-4-7-13-5-2-3-6-13/h7,9-12H,2-6,8H2,1H3. The molecule has 0 spiro atoms. The summed E-state index contributed by atoms with van der Waals surface area (Å²) in [5, 5.41) is 0. The van der Waals surface area contributed by atoms with Crippen molar-refractivity contribution in [1.82, 2.24) is 0 Å². The minimum absolute atomic E-state index is 0.942. The van der Waals surface area contributed by atoms with Crippen molar-refractivity contribution in [3.63, 3.8) is 0 Å². The fourth-order valence-electron chi connectivity index (χ4n) is 2.27. The molecule has 1 saturated carbocycles. The van der Waals surface area contributed by atoms with E-state index in [0.717, 1.165) is 12.2 Å². The zero-order valence-corrected chi connectivity index (χ0v) is 10.0. The third-order valence-corrected chi connectivity index (χ3v) is 3.27. The Kier molecular flexibility index (Phi) is 4.03. The molecule has 1 aliphatic carbocycles. The number of hydrogen-bond acceptors (Lipinski definition) is 1. The lowest BCUT2D eigenvalue weighted by molar-refractivity contribution is 0.414. The molecule has 0 heterocycles. The van der Waals surface area contributed by atoms with Gasteiger partial charge in [-0.15, -0.1) is 0 Å². The molecule has 0 bridgehead atoms. The lowest BCUT2D eigenvalue weighted by Gasteiger charge is -2.02. The van der Waals surface area contributed by atoms with E-state index in [1.54, 1.807) is 12.7 Å². The smallest absolute Gasteiger partial charge is 0.118 e. The van der Waals surface area contributed by atoms with Crippen molar-refractivity contribution in [3.05, 3.63) is 41.5 Å². The van der Waals surface area contributed by atoms with Crippen molar-refractivity contribution in [2.75, 3.05) is 7.11 Å². The van der Waals surface area contributed by atoms with E-state index in [0.29, 0.717) is 0 Å². The van der Waals surface area contributed by atoms with Crippen LogP contribution in [0.3, 0.4) is 0 Å². The molecule has 0 unspecified atom stereocenters. The van der Waals surface area contributed by atoms with E-state index in [2.05, 4.69) is 18.2 Å². The summed E-state index contributed by atoms with van der Waals surface area (Å²) in [6, 6.07) is 8.40. The summed E-state index contributed by atoms with van der Waals surface area (Å²) in [4.78, 5) is 0. The molecule has 16 heavy (non-hydrogen) atoms. The fraction of sp³-hybridized carbons (Fsp3) is 0.467. The maximum absolute atomic E-state index is 5.14. The van der Waals surface area contributed by atoms with Crippen LogP contribution in [0.15, 0.2) is 35.9 Å². The molecule has 0 aliphatic heterocycles. The van der Waals surface area contributed by atoms with Gasteiger partial charge in [-0.05, 0) is 56.2 Å². The molecule has 0 amide bonds. The minimum atomic E-state index is 0.942. The molecule has 1 heteroatoms. The summed E-state index contributed by atoms with van der Waals surface area (Å²) in [6.45, 7) is 0. The van der Waals surface area contributed by atoms with Crippen molar-refractivity contribution in [2.45, 2.75) is 38.5 Å². The molecule has 1 aromatic carbocycles. The second-order valence-electron chi connectivity index (χ2n) is 4.46. The summed E-state index contributed by atoms with van der Waals surface area (Å²) >= 11 is 0. The Balaban J connectivity index is 1.82. The molecule has 1 aromatic rings. The first-order valence-corrected chi connectivity index (χ1v) is 6.19. The Morgan fingerprint density at radius 3 is 2.44 bits per heavy atom. The largest absolute Gasteiger partial charge is 0.497 e. The summed E-state index contributed by atoms with van der Waals surface area (Å²) in [6.07, 6.45) is 10.2. The number of benzene rings is 1. The van der Waals surface area contributed by atoms with E-state index in [1.807, 2.05) is 12.1 Å². The highest BCUT2D eigenvalue weighted by Crippen LogP contribution is 2.24. The first-order chi connectivity index (χ1) is 7.88. The first-order valence-electron chi connectivity index (χ1n) is 6.19. The molecule has 0 aromatic heterocycles. The van der Waals surface area contributed by atoms with Gasteiger partial charge >= 0.3 is 0 Å². The summed E-state index contributed by atoms with van der Waals surface area (Å²) < 4.78 is 5.14. The number of hydrogen-bond donors (Lipinski definition) is 0. The van der Waals surface area contributed by atoms with E-state index in [-0.39, 0.29) is 0 Å². The molecule has 1 aliphatic rings. The molecule has 1 fully saturated rings. The van der Waals surface area contributed by atoms with Crippen molar-refractivity contribution in [1.29, 1.82) is 0 Å². The molecular formula is C15H20O. The maximum Gasteiger partial charge on any atom is 0.118 e. The van der Waals surface area contributed by atoms with Crippen LogP contribution >= 0.6 is 0 Å². The van der Waals surface area contributed by atoms with Crippen molar-refractivity contribution >= 4 is 0 Å². The quantitative estimate of drug-likeness (QED) is 0.688. The SMILES string of the molecule is COc1ccc(CCC=C2CCCC2)cc1. The number of ether oxygens (including phenoxy) is 1. The highest BCUT2D eigenvalue weighted by Gasteiger charge is 2.05. The fourth-order valence-corrected chi connectivity index (χ4v) is 2.27.